The number of halogens is 1. The smallest absolute Gasteiger partial charge is 0.244 e. The van der Waals surface area contributed by atoms with Crippen LogP contribution in [0.3, 0.4) is 0 Å². The summed E-state index contributed by atoms with van der Waals surface area (Å²) < 4.78 is 0. The van der Waals surface area contributed by atoms with E-state index in [1.54, 1.807) is 0 Å². The van der Waals surface area contributed by atoms with Gasteiger partial charge in [0.1, 0.15) is 6.04 Å². The topological polar surface area (TPSA) is 32.3 Å². The molecule has 0 bridgehead atoms. The van der Waals surface area contributed by atoms with Crippen LogP contribution in [0.15, 0.2) is 54.6 Å². The molecule has 4 heteroatoms. The zero-order chi connectivity index (χ0) is 16.9. The van der Waals surface area contributed by atoms with Crippen molar-refractivity contribution in [1.82, 2.24) is 10.2 Å². The first-order valence-electron chi connectivity index (χ1n) is 8.50. The zero-order valence-corrected chi connectivity index (χ0v) is 14.7. The van der Waals surface area contributed by atoms with Crippen molar-refractivity contribution in [2.75, 3.05) is 13.1 Å². The summed E-state index contributed by atoms with van der Waals surface area (Å²) in [5.41, 5.74) is 2.08. The van der Waals surface area contributed by atoms with Crippen LogP contribution >= 0.6 is 11.6 Å². The molecule has 1 aliphatic rings. The van der Waals surface area contributed by atoms with Crippen LogP contribution in [0.4, 0.5) is 0 Å². The number of nitrogens with one attached hydrogen (secondary N) is 1. The molecule has 0 aromatic heterocycles. The van der Waals surface area contributed by atoms with Gasteiger partial charge in [0, 0.05) is 24.2 Å². The number of hydrogen-bond donors (Lipinski definition) is 1. The average molecular weight is 343 g/mol. The molecule has 2 atom stereocenters. The fourth-order valence-corrected chi connectivity index (χ4v) is 3.40. The Hall–Kier alpha value is -1.84. The molecule has 1 amide bonds. The van der Waals surface area contributed by atoms with Crippen molar-refractivity contribution in [1.29, 1.82) is 0 Å². The van der Waals surface area contributed by atoms with Crippen molar-refractivity contribution in [2.24, 2.45) is 0 Å². The number of carbonyl (C=O) groups excluding carboxylic acids is 1. The van der Waals surface area contributed by atoms with Crippen LogP contribution < -0.4 is 5.32 Å². The second-order valence-corrected chi connectivity index (χ2v) is 6.76. The lowest BCUT2D eigenvalue weighted by molar-refractivity contribution is -0.132. The molecule has 1 N–H and O–H groups in total. The lowest BCUT2D eigenvalue weighted by Crippen LogP contribution is -2.40. The molecular formula is C20H23ClN2O. The highest BCUT2D eigenvalue weighted by Gasteiger charge is 2.28. The van der Waals surface area contributed by atoms with Gasteiger partial charge in [-0.2, -0.15) is 0 Å². The number of rotatable bonds is 5. The number of benzene rings is 2. The van der Waals surface area contributed by atoms with Crippen LogP contribution in [-0.4, -0.2) is 23.9 Å². The van der Waals surface area contributed by atoms with E-state index in [-0.39, 0.29) is 18.0 Å². The first kappa shape index (κ1) is 17.0. The normalized spacial score (nSPS) is 16.8. The highest BCUT2D eigenvalue weighted by atomic mass is 35.5. The third-order valence-electron chi connectivity index (χ3n) is 4.56. The van der Waals surface area contributed by atoms with Gasteiger partial charge in [-0.3, -0.25) is 10.1 Å². The molecule has 2 aromatic carbocycles. The summed E-state index contributed by atoms with van der Waals surface area (Å²) >= 11 is 6.11. The first-order chi connectivity index (χ1) is 11.6. The Labute approximate surface area is 148 Å². The molecular weight excluding hydrogens is 320 g/mol. The maximum atomic E-state index is 13.0. The summed E-state index contributed by atoms with van der Waals surface area (Å²) in [6.45, 7) is 3.78. The molecule has 1 saturated heterocycles. The van der Waals surface area contributed by atoms with Gasteiger partial charge in [-0.05, 0) is 43.0 Å². The average Bonchev–Trinajstić information content (AvgIpc) is 3.14. The summed E-state index contributed by atoms with van der Waals surface area (Å²) in [7, 11) is 0. The monoisotopic (exact) mass is 342 g/mol. The van der Waals surface area contributed by atoms with Crippen LogP contribution in [0.5, 0.6) is 0 Å². The van der Waals surface area contributed by atoms with E-state index in [1.807, 2.05) is 59.5 Å². The highest BCUT2D eigenvalue weighted by Crippen LogP contribution is 2.24. The minimum Gasteiger partial charge on any atom is -0.341 e. The fraction of sp³-hybridized carbons (Fsp3) is 0.350. The van der Waals surface area contributed by atoms with Gasteiger partial charge in [0.15, 0.2) is 0 Å². The summed E-state index contributed by atoms with van der Waals surface area (Å²) in [5, 5.41) is 4.21. The summed E-state index contributed by atoms with van der Waals surface area (Å²) in [6.07, 6.45) is 2.19. The van der Waals surface area contributed by atoms with Gasteiger partial charge in [0.05, 0.1) is 0 Å². The van der Waals surface area contributed by atoms with Crippen molar-refractivity contribution in [3.8, 4) is 0 Å². The van der Waals surface area contributed by atoms with E-state index in [4.69, 9.17) is 11.6 Å². The Balaban J connectivity index is 1.83. The van der Waals surface area contributed by atoms with E-state index in [0.29, 0.717) is 5.02 Å². The number of carbonyl (C=O) groups is 1. The molecule has 0 spiro atoms. The van der Waals surface area contributed by atoms with Crippen LogP contribution in [0.2, 0.25) is 5.02 Å². The van der Waals surface area contributed by atoms with Crippen molar-refractivity contribution in [3.63, 3.8) is 0 Å². The first-order valence-corrected chi connectivity index (χ1v) is 8.88. The zero-order valence-electron chi connectivity index (χ0n) is 13.9. The van der Waals surface area contributed by atoms with Crippen LogP contribution in [0, 0.1) is 0 Å². The molecule has 0 unspecified atom stereocenters. The maximum absolute atomic E-state index is 13.0. The quantitative estimate of drug-likeness (QED) is 0.875. The lowest BCUT2D eigenvalue weighted by atomic mass is 10.0. The van der Waals surface area contributed by atoms with Crippen molar-refractivity contribution >= 4 is 17.5 Å². The standard InChI is InChI=1S/C20H23ClN2O/c1-15(17-10-7-11-18(21)14-17)22-19(16-8-3-2-4-9-16)20(24)23-12-5-6-13-23/h2-4,7-11,14-15,19,22H,5-6,12-13H2,1H3/t15-,19-/m0/s1. The largest absolute Gasteiger partial charge is 0.341 e. The lowest BCUT2D eigenvalue weighted by Gasteiger charge is -2.27. The minimum absolute atomic E-state index is 0.0282. The Kier molecular flexibility index (Phi) is 5.54. The Morgan fingerprint density at radius 3 is 2.38 bits per heavy atom. The van der Waals surface area contributed by atoms with Crippen molar-refractivity contribution in [3.05, 3.63) is 70.7 Å². The van der Waals surface area contributed by atoms with Gasteiger partial charge < -0.3 is 4.90 Å². The van der Waals surface area contributed by atoms with Gasteiger partial charge in [-0.15, -0.1) is 0 Å². The van der Waals surface area contributed by atoms with Gasteiger partial charge in [0.25, 0.3) is 0 Å². The van der Waals surface area contributed by atoms with Crippen LogP contribution in [0.25, 0.3) is 0 Å². The molecule has 0 aliphatic carbocycles. The van der Waals surface area contributed by atoms with Crippen molar-refractivity contribution < 1.29 is 4.79 Å². The number of likely N-dealkylation sites (tertiary alicyclic amines) is 1. The van der Waals surface area contributed by atoms with Crippen LogP contribution in [0.1, 0.15) is 43.0 Å². The molecule has 2 aromatic rings. The van der Waals surface area contributed by atoms with Crippen LogP contribution in [-0.2, 0) is 4.79 Å². The third-order valence-corrected chi connectivity index (χ3v) is 4.80. The summed E-state index contributed by atoms with van der Waals surface area (Å²) in [5.74, 6) is 0.160. The summed E-state index contributed by atoms with van der Waals surface area (Å²) in [6, 6.07) is 17.4. The van der Waals surface area contributed by atoms with E-state index in [0.717, 1.165) is 37.1 Å². The molecule has 3 nitrogen and oxygen atoms in total. The Bertz CT molecular complexity index is 683. The van der Waals surface area contributed by atoms with Crippen molar-refractivity contribution in [2.45, 2.75) is 31.8 Å². The fourth-order valence-electron chi connectivity index (χ4n) is 3.20. The number of amides is 1. The van der Waals surface area contributed by atoms with E-state index in [9.17, 15) is 4.79 Å². The van der Waals surface area contributed by atoms with E-state index in [2.05, 4.69) is 12.2 Å². The Morgan fingerprint density at radius 1 is 1.04 bits per heavy atom. The second kappa shape index (κ2) is 7.82. The molecule has 24 heavy (non-hydrogen) atoms. The van der Waals surface area contributed by atoms with Gasteiger partial charge >= 0.3 is 0 Å². The SMILES string of the molecule is C[C@H](N[C@H](C(=O)N1CCCC1)c1ccccc1)c1cccc(Cl)c1. The third kappa shape index (κ3) is 3.97. The Morgan fingerprint density at radius 2 is 1.71 bits per heavy atom. The van der Waals surface area contributed by atoms with E-state index in [1.165, 1.54) is 0 Å². The molecule has 3 rings (SSSR count). The highest BCUT2D eigenvalue weighted by molar-refractivity contribution is 6.30. The predicted molar refractivity (Wildman–Crippen MR) is 98.0 cm³/mol. The molecule has 1 fully saturated rings. The minimum atomic E-state index is -0.335. The molecule has 126 valence electrons. The summed E-state index contributed by atoms with van der Waals surface area (Å²) in [4.78, 5) is 15.0. The van der Waals surface area contributed by atoms with Gasteiger partial charge in [-0.1, -0.05) is 54.1 Å². The molecule has 0 saturated carbocycles. The van der Waals surface area contributed by atoms with Gasteiger partial charge in [-0.25, -0.2) is 0 Å². The number of hydrogen-bond acceptors (Lipinski definition) is 2. The maximum Gasteiger partial charge on any atom is 0.244 e. The van der Waals surface area contributed by atoms with E-state index < -0.39 is 0 Å². The van der Waals surface area contributed by atoms with E-state index >= 15 is 0 Å². The van der Waals surface area contributed by atoms with Gasteiger partial charge in [0.2, 0.25) is 5.91 Å². The second-order valence-electron chi connectivity index (χ2n) is 6.32. The predicted octanol–water partition coefficient (Wildman–Crippen LogP) is 4.35. The number of nitrogens with zero attached hydrogens (tertiary/aromatic N) is 1. The molecule has 1 aliphatic heterocycles. The molecule has 0 radical (unpaired) electrons. The molecule has 1 heterocycles.